The van der Waals surface area contributed by atoms with E-state index in [0.29, 0.717) is 6.41 Å². The van der Waals surface area contributed by atoms with Crippen molar-refractivity contribution in [2.75, 3.05) is 5.32 Å². The van der Waals surface area contributed by atoms with E-state index in [2.05, 4.69) is 15.3 Å². The maximum absolute atomic E-state index is 10.5. The lowest BCUT2D eigenvalue weighted by Gasteiger charge is -2.07. The molecule has 2 N–H and O–H groups in total. The summed E-state index contributed by atoms with van der Waals surface area (Å²) in [6.07, 6.45) is 2.30. The van der Waals surface area contributed by atoms with Crippen LogP contribution in [0, 0.1) is 13.8 Å². The zero-order valence-corrected chi connectivity index (χ0v) is 8.09. The third kappa shape index (κ3) is 1.16. The Balaban J connectivity index is 2.79. The zero-order chi connectivity index (χ0) is 10.1. The molecule has 4 nitrogen and oxygen atoms in total. The van der Waals surface area contributed by atoms with E-state index in [0.717, 1.165) is 27.8 Å². The molecule has 0 unspecified atom stereocenters. The average molecular weight is 189 g/mol. The standard InChI is InChI=1S/C10H11N3O/c1-6-3-8-10(12-4-11-8)9(7(6)2)13-5-14/h3-5H,1-2H3,(H,11,12)(H,13,14). The largest absolute Gasteiger partial charge is 0.345 e. The molecule has 1 aromatic carbocycles. The lowest BCUT2D eigenvalue weighted by molar-refractivity contribution is -0.105. The van der Waals surface area contributed by atoms with Gasteiger partial charge in [0, 0.05) is 0 Å². The maximum atomic E-state index is 10.5. The molecule has 2 rings (SSSR count). The molecule has 0 saturated carbocycles. The molecule has 0 atom stereocenters. The van der Waals surface area contributed by atoms with Crippen LogP contribution in [0.1, 0.15) is 11.1 Å². The number of carbonyl (C=O) groups excluding carboxylic acids is 1. The topological polar surface area (TPSA) is 57.8 Å². The van der Waals surface area contributed by atoms with E-state index in [-0.39, 0.29) is 0 Å². The number of hydrogen-bond acceptors (Lipinski definition) is 2. The van der Waals surface area contributed by atoms with Crippen LogP contribution in [0.15, 0.2) is 12.4 Å². The van der Waals surface area contributed by atoms with Gasteiger partial charge in [-0.15, -0.1) is 0 Å². The van der Waals surface area contributed by atoms with Crippen molar-refractivity contribution in [3.8, 4) is 0 Å². The van der Waals surface area contributed by atoms with Crippen LogP contribution in [0.3, 0.4) is 0 Å². The molecule has 0 aliphatic heterocycles. The van der Waals surface area contributed by atoms with E-state index in [4.69, 9.17) is 0 Å². The molecular weight excluding hydrogens is 178 g/mol. The van der Waals surface area contributed by atoms with Crippen LogP contribution in [0.4, 0.5) is 5.69 Å². The maximum Gasteiger partial charge on any atom is 0.211 e. The van der Waals surface area contributed by atoms with Crippen LogP contribution in [0.25, 0.3) is 11.0 Å². The Hall–Kier alpha value is -1.84. The van der Waals surface area contributed by atoms with E-state index in [1.54, 1.807) is 6.33 Å². The minimum Gasteiger partial charge on any atom is -0.345 e. The van der Waals surface area contributed by atoms with Gasteiger partial charge < -0.3 is 10.3 Å². The number of aromatic amines is 1. The summed E-state index contributed by atoms with van der Waals surface area (Å²) in [4.78, 5) is 17.6. The fraction of sp³-hybridized carbons (Fsp3) is 0.200. The predicted molar refractivity (Wildman–Crippen MR) is 55.3 cm³/mol. The number of imidazole rings is 1. The minimum absolute atomic E-state index is 0.676. The monoisotopic (exact) mass is 189 g/mol. The van der Waals surface area contributed by atoms with Crippen molar-refractivity contribution in [3.63, 3.8) is 0 Å². The van der Waals surface area contributed by atoms with Crippen molar-refractivity contribution in [1.82, 2.24) is 9.97 Å². The number of fused-ring (bicyclic) bond motifs is 1. The highest BCUT2D eigenvalue weighted by Gasteiger charge is 2.08. The summed E-state index contributed by atoms with van der Waals surface area (Å²) in [5.74, 6) is 0. The first-order valence-corrected chi connectivity index (χ1v) is 4.37. The van der Waals surface area contributed by atoms with Gasteiger partial charge in [0.15, 0.2) is 0 Å². The number of H-pyrrole nitrogens is 1. The number of anilines is 1. The van der Waals surface area contributed by atoms with E-state index in [1.165, 1.54) is 0 Å². The number of nitrogens with one attached hydrogen (secondary N) is 2. The highest BCUT2D eigenvalue weighted by molar-refractivity contribution is 5.95. The van der Waals surface area contributed by atoms with Gasteiger partial charge >= 0.3 is 0 Å². The summed E-state index contributed by atoms with van der Waals surface area (Å²) in [5.41, 5.74) is 4.72. The molecule has 72 valence electrons. The molecule has 0 bridgehead atoms. The number of aromatic nitrogens is 2. The normalized spacial score (nSPS) is 10.4. The van der Waals surface area contributed by atoms with E-state index >= 15 is 0 Å². The van der Waals surface area contributed by atoms with Gasteiger partial charge in [-0.3, -0.25) is 4.79 Å². The fourth-order valence-corrected chi connectivity index (χ4v) is 1.55. The van der Waals surface area contributed by atoms with Crippen molar-refractivity contribution in [2.24, 2.45) is 0 Å². The Bertz CT molecular complexity index is 487. The Morgan fingerprint density at radius 2 is 2.29 bits per heavy atom. The number of nitrogens with zero attached hydrogens (tertiary/aromatic N) is 1. The zero-order valence-electron chi connectivity index (χ0n) is 8.09. The quantitative estimate of drug-likeness (QED) is 0.707. The van der Waals surface area contributed by atoms with Crippen molar-refractivity contribution in [3.05, 3.63) is 23.5 Å². The van der Waals surface area contributed by atoms with Crippen LogP contribution in [0.5, 0.6) is 0 Å². The molecule has 0 fully saturated rings. The molecule has 0 aliphatic rings. The van der Waals surface area contributed by atoms with Crippen molar-refractivity contribution in [2.45, 2.75) is 13.8 Å². The molecule has 0 aliphatic carbocycles. The second-order valence-corrected chi connectivity index (χ2v) is 3.25. The van der Waals surface area contributed by atoms with Gasteiger partial charge in [-0.1, -0.05) is 0 Å². The first-order chi connectivity index (χ1) is 6.74. The van der Waals surface area contributed by atoms with Gasteiger partial charge in [-0.2, -0.15) is 0 Å². The molecule has 14 heavy (non-hydrogen) atoms. The summed E-state index contributed by atoms with van der Waals surface area (Å²) >= 11 is 0. The molecule has 1 aromatic heterocycles. The average Bonchev–Trinajstić information content (AvgIpc) is 2.60. The first kappa shape index (κ1) is 8.74. The summed E-state index contributed by atoms with van der Waals surface area (Å²) in [7, 11) is 0. The molecule has 0 spiro atoms. The highest BCUT2D eigenvalue weighted by Crippen LogP contribution is 2.26. The first-order valence-electron chi connectivity index (χ1n) is 4.37. The summed E-state index contributed by atoms with van der Waals surface area (Å²) in [6, 6.07) is 2.02. The van der Waals surface area contributed by atoms with Crippen molar-refractivity contribution >= 4 is 23.1 Å². The van der Waals surface area contributed by atoms with Crippen molar-refractivity contribution in [1.29, 1.82) is 0 Å². The number of carbonyl (C=O) groups is 1. The summed E-state index contributed by atoms with van der Waals surface area (Å²) in [5, 5.41) is 2.68. The van der Waals surface area contributed by atoms with E-state index < -0.39 is 0 Å². The molecule has 0 saturated heterocycles. The van der Waals surface area contributed by atoms with E-state index in [1.807, 2.05) is 19.9 Å². The number of amides is 1. The molecule has 0 radical (unpaired) electrons. The van der Waals surface area contributed by atoms with Crippen LogP contribution in [-0.2, 0) is 4.79 Å². The highest BCUT2D eigenvalue weighted by atomic mass is 16.1. The number of aryl methyl sites for hydroxylation is 1. The SMILES string of the molecule is Cc1cc2[nH]cnc2c(NC=O)c1C. The Morgan fingerprint density at radius 1 is 1.50 bits per heavy atom. The molecule has 1 heterocycles. The second-order valence-electron chi connectivity index (χ2n) is 3.25. The number of rotatable bonds is 2. The van der Waals surface area contributed by atoms with Gasteiger partial charge in [-0.05, 0) is 31.0 Å². The third-order valence-electron chi connectivity index (χ3n) is 2.44. The fourth-order valence-electron chi connectivity index (χ4n) is 1.55. The van der Waals surface area contributed by atoms with Gasteiger partial charge in [-0.25, -0.2) is 4.98 Å². The lowest BCUT2D eigenvalue weighted by Crippen LogP contribution is -1.99. The molecular formula is C10H11N3O. The van der Waals surface area contributed by atoms with Gasteiger partial charge in [0.2, 0.25) is 6.41 Å². The summed E-state index contributed by atoms with van der Waals surface area (Å²) in [6.45, 7) is 3.97. The molecule has 4 heteroatoms. The van der Waals surface area contributed by atoms with Gasteiger partial charge in [0.25, 0.3) is 0 Å². The third-order valence-corrected chi connectivity index (χ3v) is 2.44. The van der Waals surface area contributed by atoms with Crippen LogP contribution < -0.4 is 5.32 Å². The molecule has 1 amide bonds. The summed E-state index contributed by atoms with van der Waals surface area (Å²) < 4.78 is 0. The Kier molecular flexibility index (Phi) is 1.96. The Morgan fingerprint density at radius 3 is 3.00 bits per heavy atom. The predicted octanol–water partition coefficient (Wildman–Crippen LogP) is 1.75. The number of benzene rings is 1. The number of hydrogen-bond donors (Lipinski definition) is 2. The van der Waals surface area contributed by atoms with Crippen LogP contribution in [-0.4, -0.2) is 16.4 Å². The minimum atomic E-state index is 0.676. The van der Waals surface area contributed by atoms with Gasteiger partial charge in [0.1, 0.15) is 5.52 Å². The van der Waals surface area contributed by atoms with Crippen LogP contribution in [0.2, 0.25) is 0 Å². The van der Waals surface area contributed by atoms with Crippen molar-refractivity contribution < 1.29 is 4.79 Å². The van der Waals surface area contributed by atoms with E-state index in [9.17, 15) is 4.79 Å². The smallest absolute Gasteiger partial charge is 0.211 e. The van der Waals surface area contributed by atoms with Crippen LogP contribution >= 0.6 is 0 Å². The lowest BCUT2D eigenvalue weighted by atomic mass is 10.1. The second kappa shape index (κ2) is 3.14. The van der Waals surface area contributed by atoms with Gasteiger partial charge in [0.05, 0.1) is 17.5 Å². The Labute approximate surface area is 81.3 Å². The molecule has 2 aromatic rings.